The minimum atomic E-state index is -5.08. The maximum atomic E-state index is 14.4. The molecule has 8 rings (SSSR count). The standard InChI is InChI=1S/C44H40N4O14S3/c1-4-45-42(51)44(43(52)62-48-37(49)19-20-38(48)50)23-25(13-15-31-27-9-7-11-29-34(63(53,54)55)18-17-33(39(27)29)46(31)5-2)21-26(24-44)14-16-32-28-10-8-12-30-35(64(56,57)58)22-36(65(59,60)61)41(40(28)30)47(32)6-3/h7-18,21-22H,4-6,19-20,23-24H2,1-3H3,(H3-,45,51,53,54,55,56,57,58,59,60,61)/p+1. The van der Waals surface area contributed by atoms with Crippen LogP contribution >= 0.6 is 0 Å². The molecule has 3 heterocycles. The number of nitrogens with zero attached hydrogens (tertiary/aromatic N) is 3. The summed E-state index contributed by atoms with van der Waals surface area (Å²) < 4.78 is 109. The van der Waals surface area contributed by atoms with Gasteiger partial charge >= 0.3 is 16.1 Å². The zero-order chi connectivity index (χ0) is 47.0. The first-order chi connectivity index (χ1) is 30.6. The van der Waals surface area contributed by atoms with Crippen LogP contribution in [-0.4, -0.2) is 95.6 Å². The Labute approximate surface area is 372 Å². The van der Waals surface area contributed by atoms with Gasteiger partial charge in [-0.15, -0.1) is 5.06 Å². The highest BCUT2D eigenvalue weighted by Gasteiger charge is 2.52. The third-order valence-corrected chi connectivity index (χ3v) is 14.5. The van der Waals surface area contributed by atoms with Crippen LogP contribution in [0.5, 0.6) is 0 Å². The third-order valence-electron chi connectivity index (χ3n) is 11.8. The molecule has 2 aliphatic heterocycles. The van der Waals surface area contributed by atoms with Gasteiger partial charge in [-0.25, -0.2) is 4.79 Å². The van der Waals surface area contributed by atoms with E-state index in [1.165, 1.54) is 22.8 Å². The van der Waals surface area contributed by atoms with Crippen LogP contribution in [0.3, 0.4) is 0 Å². The first-order valence-corrected chi connectivity index (χ1v) is 24.6. The Balaban J connectivity index is 1.34. The van der Waals surface area contributed by atoms with E-state index in [2.05, 4.69) is 5.32 Å². The topological polar surface area (TPSA) is 264 Å². The van der Waals surface area contributed by atoms with E-state index in [1.54, 1.807) is 74.6 Å². The molecule has 1 aliphatic carbocycles. The van der Waals surface area contributed by atoms with Crippen LogP contribution in [0.1, 0.15) is 52.0 Å². The van der Waals surface area contributed by atoms with E-state index in [9.17, 15) is 58.1 Å². The van der Waals surface area contributed by atoms with E-state index in [0.717, 1.165) is 0 Å². The molecule has 1 atom stereocenters. The average Bonchev–Trinajstić information content (AvgIpc) is 3.86. The zero-order valence-corrected chi connectivity index (χ0v) is 37.4. The molecule has 0 bridgehead atoms. The smallest absolute Gasteiger partial charge is 0.349 e. The Hall–Kier alpha value is -6.36. The molecule has 1 unspecified atom stereocenters. The maximum absolute atomic E-state index is 14.4. The molecule has 1 aromatic heterocycles. The summed E-state index contributed by atoms with van der Waals surface area (Å²) in [6, 6.07) is 13.1. The van der Waals surface area contributed by atoms with Crippen LogP contribution in [0.4, 0.5) is 5.69 Å². The molecule has 18 nitrogen and oxygen atoms in total. The van der Waals surface area contributed by atoms with Crippen LogP contribution < -0.4 is 10.7 Å². The number of hydrogen-bond donors (Lipinski definition) is 4. The van der Waals surface area contributed by atoms with Crippen molar-refractivity contribution in [1.29, 1.82) is 0 Å². The number of amides is 3. The molecule has 1 saturated heterocycles. The van der Waals surface area contributed by atoms with Gasteiger partial charge in [-0.05, 0) is 75.1 Å². The Bertz CT molecular complexity index is 3500. The molecule has 0 radical (unpaired) electrons. The second-order valence-electron chi connectivity index (χ2n) is 15.7. The lowest BCUT2D eigenvalue weighted by atomic mass is 9.71. The van der Waals surface area contributed by atoms with Crippen molar-refractivity contribution in [3.05, 3.63) is 101 Å². The number of imide groups is 1. The summed E-state index contributed by atoms with van der Waals surface area (Å²) in [6.45, 7) is 5.81. The summed E-state index contributed by atoms with van der Waals surface area (Å²) in [5, 5.41) is 5.27. The highest BCUT2D eigenvalue weighted by molar-refractivity contribution is 7.87. The molecule has 3 amide bonds. The molecular weight excluding hydrogens is 905 g/mol. The average molecular weight is 946 g/mol. The van der Waals surface area contributed by atoms with Crippen molar-refractivity contribution in [3.8, 4) is 0 Å². The Morgan fingerprint density at radius 3 is 2.03 bits per heavy atom. The van der Waals surface area contributed by atoms with Gasteiger partial charge in [0, 0.05) is 64.4 Å². The second kappa shape index (κ2) is 16.3. The van der Waals surface area contributed by atoms with E-state index in [4.69, 9.17) is 4.84 Å². The van der Waals surface area contributed by atoms with Gasteiger partial charge in [0.05, 0.1) is 10.9 Å². The highest BCUT2D eigenvalue weighted by atomic mass is 32.2. The second-order valence-corrected chi connectivity index (χ2v) is 19.8. The summed E-state index contributed by atoms with van der Waals surface area (Å²) in [7, 11) is -14.7. The fourth-order valence-electron chi connectivity index (χ4n) is 9.13. The zero-order valence-electron chi connectivity index (χ0n) is 34.9. The predicted octanol–water partition coefficient (Wildman–Crippen LogP) is 4.31. The highest BCUT2D eigenvalue weighted by Crippen LogP contribution is 2.45. The lowest BCUT2D eigenvalue weighted by Gasteiger charge is -2.34. The molecule has 1 fully saturated rings. The monoisotopic (exact) mass is 945 g/mol. The minimum absolute atomic E-state index is 0.0199. The Morgan fingerprint density at radius 1 is 0.785 bits per heavy atom. The number of carbonyl (C=O) groups excluding carboxylic acids is 4. The maximum Gasteiger partial charge on any atom is 0.349 e. The van der Waals surface area contributed by atoms with Crippen molar-refractivity contribution in [3.63, 3.8) is 0 Å². The molecule has 5 aromatic rings. The molecule has 65 heavy (non-hydrogen) atoms. The number of benzene rings is 4. The number of rotatable bonds is 12. The Morgan fingerprint density at radius 2 is 1.42 bits per heavy atom. The number of nitrogens with one attached hydrogen (secondary N) is 1. The van der Waals surface area contributed by atoms with Gasteiger partial charge in [0.2, 0.25) is 17.3 Å². The fraction of sp³-hybridized carbons (Fsp3) is 0.250. The van der Waals surface area contributed by atoms with E-state index in [-0.39, 0.29) is 60.1 Å². The van der Waals surface area contributed by atoms with Crippen LogP contribution in [0.15, 0.2) is 105 Å². The van der Waals surface area contributed by atoms with Gasteiger partial charge in [0.25, 0.3) is 32.1 Å². The van der Waals surface area contributed by atoms with Crippen molar-refractivity contribution < 1.29 is 67.5 Å². The molecule has 0 saturated carbocycles. The van der Waals surface area contributed by atoms with Crippen LogP contribution in [0.25, 0.3) is 38.5 Å². The molecule has 21 heteroatoms. The van der Waals surface area contributed by atoms with Gasteiger partial charge in [-0.3, -0.25) is 28.0 Å². The normalized spacial score (nSPS) is 19.2. The molecule has 4 aromatic carbocycles. The number of hydrogen-bond acceptors (Lipinski definition) is 11. The van der Waals surface area contributed by atoms with Crippen molar-refractivity contribution in [2.45, 2.75) is 67.7 Å². The predicted molar refractivity (Wildman–Crippen MR) is 236 cm³/mol. The molecule has 4 N–H and O–H groups in total. The minimum Gasteiger partial charge on any atom is -0.355 e. The number of aryl methyl sites for hydroxylation is 1. The van der Waals surface area contributed by atoms with Gasteiger partial charge in [-0.1, -0.05) is 48.6 Å². The number of carbonyl (C=O) groups is 4. The summed E-state index contributed by atoms with van der Waals surface area (Å²) in [6.07, 6.45) is 7.22. The lowest BCUT2D eigenvalue weighted by molar-refractivity contribution is -0.433. The molecule has 0 spiro atoms. The van der Waals surface area contributed by atoms with Crippen LogP contribution in [0.2, 0.25) is 0 Å². The Kier molecular flexibility index (Phi) is 11.3. The van der Waals surface area contributed by atoms with E-state index in [1.807, 2.05) is 11.5 Å². The number of hydroxylamine groups is 2. The largest absolute Gasteiger partial charge is 0.355 e. The van der Waals surface area contributed by atoms with E-state index < -0.39 is 69.3 Å². The van der Waals surface area contributed by atoms with E-state index in [0.29, 0.717) is 67.1 Å². The van der Waals surface area contributed by atoms with Gasteiger partial charge < -0.3 is 14.7 Å². The van der Waals surface area contributed by atoms with Crippen LogP contribution in [-0.2, 0) is 60.9 Å². The SMILES string of the molecule is CCNC(=O)C1(C(=O)ON2C(=O)CCC2=O)CC(/C=C/C2=[N+](CC)c3c(S(=O)(=O)O)cc(S(=O)(=O)O)c4cccc2c34)=CC(=C/C=c2\c3cccc4c(S(=O)(=O)O)ccc(c43)n2CC)/C1. The molecular formula is C44H41N4O14S3+. The summed E-state index contributed by atoms with van der Waals surface area (Å²) in [5.74, 6) is -3.49. The summed E-state index contributed by atoms with van der Waals surface area (Å²) >= 11 is 0. The third kappa shape index (κ3) is 7.66. The molecule has 3 aliphatic rings. The molecule has 338 valence electrons. The van der Waals surface area contributed by atoms with Crippen molar-refractivity contribution >= 4 is 104 Å². The first-order valence-electron chi connectivity index (χ1n) is 20.3. The summed E-state index contributed by atoms with van der Waals surface area (Å²) in [5.41, 5.74) is -0.0752. The lowest BCUT2D eigenvalue weighted by Crippen LogP contribution is -2.51. The van der Waals surface area contributed by atoms with Gasteiger partial charge in [-0.2, -0.15) is 29.8 Å². The van der Waals surface area contributed by atoms with Crippen LogP contribution in [0, 0.1) is 5.41 Å². The van der Waals surface area contributed by atoms with Crippen molar-refractivity contribution in [2.24, 2.45) is 5.41 Å². The fourth-order valence-corrected chi connectivity index (χ4v) is 11.3. The first kappa shape index (κ1) is 45.2. The van der Waals surface area contributed by atoms with Gasteiger partial charge in [0.15, 0.2) is 10.3 Å². The quantitative estimate of drug-likeness (QED) is 0.0588. The van der Waals surface area contributed by atoms with Crippen molar-refractivity contribution in [1.82, 2.24) is 14.9 Å². The number of aromatic nitrogens is 1. The van der Waals surface area contributed by atoms with Gasteiger partial charge in [0.1, 0.15) is 16.3 Å². The van der Waals surface area contributed by atoms with E-state index >= 15 is 0 Å². The summed E-state index contributed by atoms with van der Waals surface area (Å²) in [4.78, 5) is 57.7. The van der Waals surface area contributed by atoms with Crippen molar-refractivity contribution in [2.75, 3.05) is 13.1 Å². The number of allylic oxidation sites excluding steroid dienone is 6.